The Balaban J connectivity index is 1.89. The minimum absolute atomic E-state index is 0.0496. The molecule has 3 nitrogen and oxygen atoms in total. The predicted octanol–water partition coefficient (Wildman–Crippen LogP) is 2.51. The molecule has 2 saturated carbocycles. The molecule has 0 spiro atoms. The van der Waals surface area contributed by atoms with Crippen LogP contribution in [0.25, 0.3) is 0 Å². The van der Waals surface area contributed by atoms with Crippen LogP contribution in [-0.4, -0.2) is 22.8 Å². The smallest absolute Gasteiger partial charge is 0.139 e. The van der Waals surface area contributed by atoms with Crippen LogP contribution in [0.1, 0.15) is 58.3 Å². The van der Waals surface area contributed by atoms with Crippen LogP contribution < -0.4 is 0 Å². The van der Waals surface area contributed by atoms with Gasteiger partial charge in [-0.25, -0.2) is 0 Å². The zero-order chi connectivity index (χ0) is 15.0. The Morgan fingerprint density at radius 3 is 2.67 bits per heavy atom. The van der Waals surface area contributed by atoms with Crippen molar-refractivity contribution in [1.82, 2.24) is 0 Å². The molecule has 1 N–H and O–H groups in total. The summed E-state index contributed by atoms with van der Waals surface area (Å²) in [6, 6.07) is 0. The van der Waals surface area contributed by atoms with Gasteiger partial charge in [-0.15, -0.1) is 11.8 Å². The summed E-state index contributed by atoms with van der Waals surface area (Å²) >= 11 is 0. The van der Waals surface area contributed by atoms with Crippen LogP contribution >= 0.6 is 0 Å². The largest absolute Gasteiger partial charge is 0.392 e. The molecule has 0 aromatic rings. The average molecular weight is 288 g/mol. The molecule has 3 aliphatic carbocycles. The second-order valence-corrected chi connectivity index (χ2v) is 7.22. The highest BCUT2D eigenvalue weighted by molar-refractivity contribution is 5.88. The average Bonchev–Trinajstić information content (AvgIpc) is 2.76. The maximum absolute atomic E-state index is 12.5. The van der Waals surface area contributed by atoms with Crippen molar-refractivity contribution < 1.29 is 14.7 Å². The van der Waals surface area contributed by atoms with Crippen molar-refractivity contribution in [1.29, 1.82) is 0 Å². The number of rotatable bonds is 0. The number of carbonyl (C=O) groups is 2. The van der Waals surface area contributed by atoms with Crippen LogP contribution in [0.3, 0.4) is 0 Å². The van der Waals surface area contributed by atoms with E-state index in [1.807, 2.05) is 0 Å². The van der Waals surface area contributed by atoms with E-state index in [4.69, 9.17) is 0 Å². The van der Waals surface area contributed by atoms with Gasteiger partial charge in [0.1, 0.15) is 11.6 Å². The quantitative estimate of drug-likeness (QED) is 0.697. The number of hydrogen-bond acceptors (Lipinski definition) is 3. The molecule has 0 aromatic carbocycles. The topological polar surface area (TPSA) is 54.4 Å². The molecule has 5 atom stereocenters. The zero-order valence-electron chi connectivity index (χ0n) is 12.7. The summed E-state index contributed by atoms with van der Waals surface area (Å²) in [5.41, 5.74) is -0.216. The monoisotopic (exact) mass is 288 g/mol. The van der Waals surface area contributed by atoms with Gasteiger partial charge >= 0.3 is 0 Å². The van der Waals surface area contributed by atoms with Crippen molar-refractivity contribution in [2.75, 3.05) is 0 Å². The third-order valence-corrected chi connectivity index (χ3v) is 6.08. The SMILES string of the molecule is C[C@]12CC[C@@H]3C(=O)CC[C@H](O)CC#CC[C@H]3[C@@H]1CCC2=O. The molecule has 0 amide bonds. The lowest BCUT2D eigenvalue weighted by atomic mass is 9.58. The molecule has 3 heteroatoms. The fraction of sp³-hybridized carbons (Fsp3) is 0.778. The zero-order valence-corrected chi connectivity index (χ0v) is 12.7. The highest BCUT2D eigenvalue weighted by Gasteiger charge is 2.54. The van der Waals surface area contributed by atoms with E-state index in [0.717, 1.165) is 19.3 Å². The van der Waals surface area contributed by atoms with Gasteiger partial charge < -0.3 is 5.11 Å². The second-order valence-electron chi connectivity index (χ2n) is 7.22. The first-order chi connectivity index (χ1) is 10.0. The highest BCUT2D eigenvalue weighted by Crippen LogP contribution is 2.55. The Hall–Kier alpha value is -1.14. The number of hydrogen-bond donors (Lipinski definition) is 1. The van der Waals surface area contributed by atoms with E-state index in [-0.39, 0.29) is 23.0 Å². The first kappa shape index (κ1) is 14.8. The van der Waals surface area contributed by atoms with Gasteiger partial charge in [0, 0.05) is 37.0 Å². The van der Waals surface area contributed by atoms with E-state index in [2.05, 4.69) is 18.8 Å². The van der Waals surface area contributed by atoms with E-state index in [1.165, 1.54) is 0 Å². The molecule has 0 bridgehead atoms. The molecule has 3 rings (SSSR count). The standard InChI is InChI=1S/C18H24O3/c1-18-11-10-14-13(15(18)7-9-17(18)21)5-3-2-4-12(19)6-8-16(14)20/h12-15,19H,4-11H2,1H3/t12-,13-,14+,15+,18+/m1/s1. The molecular formula is C18H24O3. The van der Waals surface area contributed by atoms with Gasteiger partial charge in [0.25, 0.3) is 0 Å². The fourth-order valence-electron chi connectivity index (χ4n) is 4.72. The van der Waals surface area contributed by atoms with Gasteiger partial charge in [-0.3, -0.25) is 9.59 Å². The van der Waals surface area contributed by atoms with Crippen LogP contribution in [0, 0.1) is 35.0 Å². The summed E-state index contributed by atoms with van der Waals surface area (Å²) in [6.07, 6.45) is 4.94. The number of ketones is 2. The van der Waals surface area contributed by atoms with Crippen molar-refractivity contribution in [3.05, 3.63) is 0 Å². The third kappa shape index (κ3) is 2.55. The maximum Gasteiger partial charge on any atom is 0.139 e. The van der Waals surface area contributed by atoms with Gasteiger partial charge in [0.15, 0.2) is 0 Å². The van der Waals surface area contributed by atoms with Gasteiger partial charge in [-0.05, 0) is 37.5 Å². The highest BCUT2D eigenvalue weighted by atomic mass is 16.3. The van der Waals surface area contributed by atoms with E-state index in [9.17, 15) is 14.7 Å². The third-order valence-electron chi connectivity index (χ3n) is 6.08. The summed E-state index contributed by atoms with van der Waals surface area (Å²) in [5.74, 6) is 7.52. The molecule has 2 fully saturated rings. The molecule has 0 radical (unpaired) electrons. The van der Waals surface area contributed by atoms with E-state index in [1.54, 1.807) is 0 Å². The Kier molecular flexibility index (Phi) is 3.92. The lowest BCUT2D eigenvalue weighted by molar-refractivity contribution is -0.136. The van der Waals surface area contributed by atoms with Crippen LogP contribution in [0.15, 0.2) is 0 Å². The normalized spacial score (nSPS) is 43.5. The summed E-state index contributed by atoms with van der Waals surface area (Å²) in [6.45, 7) is 2.10. The van der Waals surface area contributed by atoms with Crippen molar-refractivity contribution in [3.63, 3.8) is 0 Å². The lowest BCUT2D eigenvalue weighted by Crippen LogP contribution is -2.44. The minimum Gasteiger partial charge on any atom is -0.392 e. The fourth-order valence-corrected chi connectivity index (χ4v) is 4.72. The Bertz CT molecular complexity index is 512. The first-order valence-electron chi connectivity index (χ1n) is 8.22. The van der Waals surface area contributed by atoms with Crippen molar-refractivity contribution in [2.45, 2.75) is 64.4 Å². The number of aliphatic hydroxyl groups is 1. The van der Waals surface area contributed by atoms with Gasteiger partial charge in [-0.1, -0.05) is 6.92 Å². The van der Waals surface area contributed by atoms with Crippen LogP contribution in [-0.2, 0) is 9.59 Å². The number of fused-ring (bicyclic) bond motifs is 3. The van der Waals surface area contributed by atoms with E-state index in [0.29, 0.717) is 43.8 Å². The summed E-state index contributed by atoms with van der Waals surface area (Å²) in [5, 5.41) is 9.77. The van der Waals surface area contributed by atoms with Crippen LogP contribution in [0.2, 0.25) is 0 Å². The molecule has 3 aliphatic rings. The Labute approximate surface area is 126 Å². The van der Waals surface area contributed by atoms with Crippen LogP contribution in [0.4, 0.5) is 0 Å². The molecule has 0 unspecified atom stereocenters. The van der Waals surface area contributed by atoms with Crippen molar-refractivity contribution >= 4 is 11.6 Å². The first-order valence-corrected chi connectivity index (χ1v) is 8.22. The molecule has 0 saturated heterocycles. The molecule has 0 heterocycles. The molecule has 0 aromatic heterocycles. The number of aliphatic hydroxyl groups excluding tert-OH is 1. The maximum atomic E-state index is 12.5. The van der Waals surface area contributed by atoms with Crippen LogP contribution in [0.5, 0.6) is 0 Å². The summed E-state index contributed by atoms with van der Waals surface area (Å²) in [4.78, 5) is 24.8. The number of Topliss-reactive ketones (excluding diaryl/α,β-unsaturated/α-hetero) is 2. The van der Waals surface area contributed by atoms with Crippen molar-refractivity contribution in [2.24, 2.45) is 23.2 Å². The predicted molar refractivity (Wildman–Crippen MR) is 79.3 cm³/mol. The summed E-state index contributed by atoms with van der Waals surface area (Å²) in [7, 11) is 0. The molecule has 21 heavy (non-hydrogen) atoms. The molecule has 0 aliphatic heterocycles. The van der Waals surface area contributed by atoms with Gasteiger partial charge in [-0.2, -0.15) is 0 Å². The second kappa shape index (κ2) is 5.57. The van der Waals surface area contributed by atoms with E-state index >= 15 is 0 Å². The Morgan fingerprint density at radius 2 is 1.86 bits per heavy atom. The van der Waals surface area contributed by atoms with E-state index < -0.39 is 6.10 Å². The number of carbonyl (C=O) groups excluding carboxylic acids is 2. The van der Waals surface area contributed by atoms with Gasteiger partial charge in [0.2, 0.25) is 0 Å². The molecular weight excluding hydrogens is 264 g/mol. The lowest BCUT2D eigenvalue weighted by Gasteiger charge is -2.44. The van der Waals surface area contributed by atoms with Crippen molar-refractivity contribution in [3.8, 4) is 11.8 Å². The minimum atomic E-state index is -0.472. The molecule has 114 valence electrons. The van der Waals surface area contributed by atoms with Gasteiger partial charge in [0.05, 0.1) is 6.10 Å². The summed E-state index contributed by atoms with van der Waals surface area (Å²) < 4.78 is 0. The Morgan fingerprint density at radius 1 is 1.10 bits per heavy atom.